The average Bonchev–Trinajstić information content (AvgIpc) is 2.88. The van der Waals surface area contributed by atoms with Crippen molar-refractivity contribution >= 4 is 11.9 Å². The van der Waals surface area contributed by atoms with Gasteiger partial charge in [0.05, 0.1) is 6.61 Å². The number of amides is 3. The fourth-order valence-corrected chi connectivity index (χ4v) is 3.52. The molecular weight excluding hydrogens is 364 g/mol. The van der Waals surface area contributed by atoms with Crippen molar-refractivity contribution in [3.8, 4) is 5.75 Å². The molecule has 1 N–H and O–H groups in total. The van der Waals surface area contributed by atoms with Crippen LogP contribution in [0.4, 0.5) is 4.79 Å². The first kappa shape index (κ1) is 20.9. The molecule has 5 heteroatoms. The van der Waals surface area contributed by atoms with Crippen LogP contribution in [0.2, 0.25) is 0 Å². The highest BCUT2D eigenvalue weighted by Gasteiger charge is 2.48. The zero-order chi connectivity index (χ0) is 21.2. The first-order valence-corrected chi connectivity index (χ1v) is 10.1. The fraction of sp³-hybridized carbons (Fsp3) is 0.417. The zero-order valence-corrected chi connectivity index (χ0v) is 17.9. The number of rotatable bonds is 6. The van der Waals surface area contributed by atoms with Gasteiger partial charge >= 0.3 is 6.03 Å². The minimum absolute atomic E-state index is 0.0334. The molecule has 3 amide bonds. The second kappa shape index (κ2) is 7.90. The summed E-state index contributed by atoms with van der Waals surface area (Å²) in [6.07, 6.45) is 0.576. The van der Waals surface area contributed by atoms with Crippen molar-refractivity contribution < 1.29 is 14.3 Å². The minimum atomic E-state index is -1.04. The molecule has 0 radical (unpaired) electrons. The number of nitrogens with one attached hydrogen (secondary N) is 1. The summed E-state index contributed by atoms with van der Waals surface area (Å²) in [5.74, 6) is 0.576. The van der Waals surface area contributed by atoms with E-state index >= 15 is 0 Å². The van der Waals surface area contributed by atoms with Gasteiger partial charge in [-0.25, -0.2) is 4.79 Å². The molecule has 5 nitrogen and oxygen atoms in total. The predicted molar refractivity (Wildman–Crippen MR) is 114 cm³/mol. The van der Waals surface area contributed by atoms with Gasteiger partial charge in [0.15, 0.2) is 0 Å². The van der Waals surface area contributed by atoms with E-state index in [0.717, 1.165) is 16.9 Å². The lowest BCUT2D eigenvalue weighted by atomic mass is 9.84. The van der Waals surface area contributed by atoms with Gasteiger partial charge < -0.3 is 10.1 Å². The Bertz CT molecular complexity index is 899. The third-order valence-corrected chi connectivity index (χ3v) is 5.39. The van der Waals surface area contributed by atoms with Crippen LogP contribution in [-0.4, -0.2) is 30.0 Å². The lowest BCUT2D eigenvalue weighted by Crippen LogP contribution is -2.41. The molecule has 0 aromatic heterocycles. The van der Waals surface area contributed by atoms with Crippen molar-refractivity contribution in [2.45, 2.75) is 52.0 Å². The van der Waals surface area contributed by atoms with E-state index in [1.165, 1.54) is 10.5 Å². The fourth-order valence-electron chi connectivity index (χ4n) is 3.52. The van der Waals surface area contributed by atoms with Gasteiger partial charge in [0.2, 0.25) is 0 Å². The second-order valence-electron chi connectivity index (χ2n) is 8.86. The van der Waals surface area contributed by atoms with Crippen LogP contribution in [-0.2, 0) is 15.7 Å². The van der Waals surface area contributed by atoms with Gasteiger partial charge in [-0.05, 0) is 54.5 Å². The highest BCUT2D eigenvalue weighted by atomic mass is 16.5. The Hall–Kier alpha value is -2.82. The summed E-state index contributed by atoms with van der Waals surface area (Å²) in [4.78, 5) is 26.8. The van der Waals surface area contributed by atoms with Gasteiger partial charge in [0.1, 0.15) is 11.3 Å². The summed E-state index contributed by atoms with van der Waals surface area (Å²) in [5, 5.41) is 2.87. The van der Waals surface area contributed by atoms with Crippen LogP contribution >= 0.6 is 0 Å². The summed E-state index contributed by atoms with van der Waals surface area (Å²) >= 11 is 0. The number of hydrogen-bond acceptors (Lipinski definition) is 3. The van der Waals surface area contributed by atoms with E-state index in [0.29, 0.717) is 19.6 Å². The lowest BCUT2D eigenvalue weighted by molar-refractivity contribution is -0.131. The third kappa shape index (κ3) is 4.44. The van der Waals surface area contributed by atoms with Crippen LogP contribution in [0.5, 0.6) is 5.75 Å². The van der Waals surface area contributed by atoms with E-state index < -0.39 is 5.54 Å². The molecule has 1 aliphatic rings. The highest BCUT2D eigenvalue weighted by molar-refractivity contribution is 6.07. The predicted octanol–water partition coefficient (Wildman–Crippen LogP) is 4.53. The zero-order valence-electron chi connectivity index (χ0n) is 17.9. The molecule has 1 fully saturated rings. The van der Waals surface area contributed by atoms with Crippen molar-refractivity contribution in [3.63, 3.8) is 0 Å². The Labute approximate surface area is 173 Å². The first-order chi connectivity index (χ1) is 13.6. The SMILES string of the molecule is Cc1cccc(OCCCN2C(=O)N[C@](C)(c3ccc(C(C)(C)C)cc3)C2=O)c1. The number of ether oxygens (including phenoxy) is 1. The topological polar surface area (TPSA) is 58.6 Å². The van der Waals surface area contributed by atoms with E-state index in [1.54, 1.807) is 6.92 Å². The summed E-state index contributed by atoms with van der Waals surface area (Å²) in [5.41, 5.74) is 2.11. The molecular formula is C24H30N2O3. The van der Waals surface area contributed by atoms with Crippen LogP contribution in [0.3, 0.4) is 0 Å². The molecule has 0 unspecified atom stereocenters. The number of aryl methyl sites for hydroxylation is 1. The molecule has 1 atom stereocenters. The number of nitrogens with zero attached hydrogens (tertiary/aromatic N) is 1. The second-order valence-corrected chi connectivity index (χ2v) is 8.86. The van der Waals surface area contributed by atoms with Crippen LogP contribution in [0, 0.1) is 6.92 Å². The molecule has 3 rings (SSSR count). The van der Waals surface area contributed by atoms with Gasteiger partial charge in [-0.15, -0.1) is 0 Å². The summed E-state index contributed by atoms with van der Waals surface area (Å²) in [6.45, 7) is 11.0. The van der Waals surface area contributed by atoms with Crippen molar-refractivity contribution in [2.75, 3.05) is 13.2 Å². The van der Waals surface area contributed by atoms with Gasteiger partial charge in [-0.1, -0.05) is 57.2 Å². The summed E-state index contributed by atoms with van der Waals surface area (Å²) in [7, 11) is 0. The van der Waals surface area contributed by atoms with Crippen LogP contribution < -0.4 is 10.1 Å². The van der Waals surface area contributed by atoms with Gasteiger partial charge in [-0.3, -0.25) is 9.69 Å². The maximum Gasteiger partial charge on any atom is 0.325 e. The molecule has 0 saturated carbocycles. The number of benzene rings is 2. The van der Waals surface area contributed by atoms with Crippen molar-refractivity contribution in [1.82, 2.24) is 10.2 Å². The van der Waals surface area contributed by atoms with Gasteiger partial charge in [-0.2, -0.15) is 0 Å². The normalized spacial score (nSPS) is 19.4. The maximum absolute atomic E-state index is 13.0. The number of hydrogen-bond donors (Lipinski definition) is 1. The van der Waals surface area contributed by atoms with Crippen molar-refractivity contribution in [1.29, 1.82) is 0 Å². The quantitative estimate of drug-likeness (QED) is 0.578. The smallest absolute Gasteiger partial charge is 0.325 e. The Kier molecular flexibility index (Phi) is 5.69. The van der Waals surface area contributed by atoms with E-state index in [-0.39, 0.29) is 17.4 Å². The van der Waals surface area contributed by atoms with Crippen molar-refractivity contribution in [3.05, 3.63) is 65.2 Å². The summed E-state index contributed by atoms with van der Waals surface area (Å²) < 4.78 is 5.73. The van der Waals surface area contributed by atoms with Crippen LogP contribution in [0.25, 0.3) is 0 Å². The Balaban J connectivity index is 1.62. The first-order valence-electron chi connectivity index (χ1n) is 10.1. The largest absolute Gasteiger partial charge is 0.494 e. The minimum Gasteiger partial charge on any atom is -0.494 e. The molecule has 1 heterocycles. The molecule has 154 valence electrons. The third-order valence-electron chi connectivity index (χ3n) is 5.39. The monoisotopic (exact) mass is 394 g/mol. The van der Waals surface area contributed by atoms with Gasteiger partial charge in [0.25, 0.3) is 5.91 Å². The molecule has 1 saturated heterocycles. The molecule has 29 heavy (non-hydrogen) atoms. The van der Waals surface area contributed by atoms with E-state index in [9.17, 15) is 9.59 Å². The lowest BCUT2D eigenvalue weighted by Gasteiger charge is -2.24. The van der Waals surface area contributed by atoms with E-state index in [4.69, 9.17) is 4.74 Å². The molecule has 0 aliphatic carbocycles. The van der Waals surface area contributed by atoms with E-state index in [1.807, 2.05) is 55.5 Å². The molecule has 0 bridgehead atoms. The Morgan fingerprint density at radius 3 is 2.38 bits per heavy atom. The highest BCUT2D eigenvalue weighted by Crippen LogP contribution is 2.31. The van der Waals surface area contributed by atoms with E-state index in [2.05, 4.69) is 26.1 Å². The van der Waals surface area contributed by atoms with Crippen LogP contribution in [0.15, 0.2) is 48.5 Å². The molecule has 2 aromatic carbocycles. The average molecular weight is 395 g/mol. The molecule has 0 spiro atoms. The number of urea groups is 1. The maximum atomic E-state index is 13.0. The Morgan fingerprint density at radius 2 is 1.76 bits per heavy atom. The van der Waals surface area contributed by atoms with Crippen LogP contribution in [0.1, 0.15) is 50.8 Å². The Morgan fingerprint density at radius 1 is 1.07 bits per heavy atom. The summed E-state index contributed by atoms with van der Waals surface area (Å²) in [6, 6.07) is 15.4. The number of carbonyl (C=O) groups is 2. The van der Waals surface area contributed by atoms with Gasteiger partial charge in [0, 0.05) is 6.54 Å². The molecule has 2 aromatic rings. The number of carbonyl (C=O) groups excluding carboxylic acids is 2. The standard InChI is InChI=1S/C24H30N2O3/c1-17-8-6-9-20(16-17)29-15-7-14-26-21(27)24(5,25-22(26)28)19-12-10-18(11-13-19)23(2,3)4/h6,8-13,16H,7,14-15H2,1-5H3,(H,25,28)/t24-/m1/s1. The number of imide groups is 1. The molecule has 1 aliphatic heterocycles. The van der Waals surface area contributed by atoms with Crippen molar-refractivity contribution in [2.24, 2.45) is 0 Å².